The van der Waals surface area contributed by atoms with Crippen LogP contribution in [0, 0.1) is 0 Å². The standard InChI is InChI=1S/C26H27N5O4.C8H17N.H2/c1-29-13-18-10-16(2-5-22(18)28-29)12-30-9-8-20(15-30)35-19-3-4-21-17(11-19)14-31(26(21)34)23-6-7-24(32)27-25(23)33;1-3-7-5-6-8(4-2)9-7;/h2-5,10-11,13,20,23H,6-9,12,14-15H2,1H3,(H,27,32,33);7-9H,3-6H2,1-2H3;1H/t20-,23?;7-,8+;/m0../s1. The van der Waals surface area contributed by atoms with Crippen LogP contribution in [0.4, 0.5) is 0 Å². The van der Waals surface area contributed by atoms with Gasteiger partial charge in [0.05, 0.1) is 5.52 Å². The molecule has 3 saturated heterocycles. The number of amides is 3. The topological polar surface area (TPSA) is 109 Å². The molecule has 0 saturated carbocycles. The van der Waals surface area contributed by atoms with Gasteiger partial charge in [-0.15, -0.1) is 0 Å². The van der Waals surface area contributed by atoms with Gasteiger partial charge in [0.15, 0.2) is 0 Å². The van der Waals surface area contributed by atoms with E-state index < -0.39 is 11.9 Å². The van der Waals surface area contributed by atoms with Crippen molar-refractivity contribution in [2.45, 2.75) is 96.1 Å². The highest BCUT2D eigenvalue weighted by atomic mass is 16.5. The monoisotopic (exact) mass is 602 g/mol. The van der Waals surface area contributed by atoms with Crippen LogP contribution in [0.1, 0.15) is 81.7 Å². The van der Waals surface area contributed by atoms with Gasteiger partial charge in [-0.05, 0) is 80.0 Å². The largest absolute Gasteiger partial charge is 0.489 e. The third kappa shape index (κ3) is 6.66. The zero-order chi connectivity index (χ0) is 30.8. The predicted octanol–water partition coefficient (Wildman–Crippen LogP) is 4.16. The fraction of sp³-hybridized carbons (Fsp3) is 0.529. The number of benzene rings is 2. The number of hydrogen-bond acceptors (Lipinski definition) is 7. The lowest BCUT2D eigenvalue weighted by Gasteiger charge is -2.29. The summed E-state index contributed by atoms with van der Waals surface area (Å²) in [5.41, 5.74) is 3.72. The van der Waals surface area contributed by atoms with Gasteiger partial charge in [0.25, 0.3) is 5.91 Å². The number of carbonyl (C=O) groups is 3. The number of ether oxygens (including phenoxy) is 1. The number of nitrogens with zero attached hydrogens (tertiary/aromatic N) is 4. The van der Waals surface area contributed by atoms with Crippen molar-refractivity contribution in [3.63, 3.8) is 0 Å². The van der Waals surface area contributed by atoms with Crippen molar-refractivity contribution in [3.8, 4) is 5.75 Å². The Balaban J connectivity index is 0.000000347. The van der Waals surface area contributed by atoms with Gasteiger partial charge >= 0.3 is 0 Å². The number of nitrogens with one attached hydrogen (secondary N) is 2. The molecular formula is C34H46N6O4. The Morgan fingerprint density at radius 2 is 1.80 bits per heavy atom. The summed E-state index contributed by atoms with van der Waals surface area (Å²) in [6.07, 6.45) is 9.07. The molecule has 4 atom stereocenters. The van der Waals surface area contributed by atoms with Gasteiger partial charge in [-0.3, -0.25) is 29.3 Å². The van der Waals surface area contributed by atoms with E-state index in [-0.39, 0.29) is 25.8 Å². The van der Waals surface area contributed by atoms with Gasteiger partial charge in [0.2, 0.25) is 11.8 Å². The molecule has 3 aromatic rings. The maximum atomic E-state index is 12.9. The summed E-state index contributed by atoms with van der Waals surface area (Å²) in [4.78, 5) is 40.6. The van der Waals surface area contributed by atoms with E-state index in [2.05, 4.69) is 52.7 Å². The number of fused-ring (bicyclic) bond motifs is 2. The Hall–Kier alpha value is -3.76. The molecule has 2 aromatic carbocycles. The highest BCUT2D eigenvalue weighted by Crippen LogP contribution is 2.31. The number of piperidine rings is 1. The maximum Gasteiger partial charge on any atom is 0.255 e. The smallest absolute Gasteiger partial charge is 0.255 e. The number of hydrogen-bond donors (Lipinski definition) is 2. The van der Waals surface area contributed by atoms with E-state index in [0.29, 0.717) is 18.5 Å². The third-order valence-corrected chi connectivity index (χ3v) is 9.44. The molecule has 3 fully saturated rings. The number of aryl methyl sites for hydroxylation is 1. The second-order valence-corrected chi connectivity index (χ2v) is 12.6. The summed E-state index contributed by atoms with van der Waals surface area (Å²) in [6, 6.07) is 13.0. The van der Waals surface area contributed by atoms with Crippen LogP contribution >= 0.6 is 0 Å². The van der Waals surface area contributed by atoms with Crippen LogP contribution in [-0.4, -0.2) is 74.6 Å². The molecule has 5 heterocycles. The maximum absolute atomic E-state index is 12.9. The molecule has 236 valence electrons. The lowest BCUT2D eigenvalue weighted by molar-refractivity contribution is -0.136. The van der Waals surface area contributed by atoms with Gasteiger partial charge in [-0.2, -0.15) is 5.10 Å². The van der Waals surface area contributed by atoms with E-state index in [1.807, 2.05) is 30.1 Å². The first-order valence-electron chi connectivity index (χ1n) is 16.1. The Labute approximate surface area is 260 Å². The predicted molar refractivity (Wildman–Crippen MR) is 170 cm³/mol. The molecule has 44 heavy (non-hydrogen) atoms. The molecule has 10 nitrogen and oxygen atoms in total. The summed E-state index contributed by atoms with van der Waals surface area (Å²) >= 11 is 0. The van der Waals surface area contributed by atoms with Crippen LogP contribution in [-0.2, 0) is 29.7 Å². The van der Waals surface area contributed by atoms with Crippen LogP contribution < -0.4 is 15.4 Å². The summed E-state index contributed by atoms with van der Waals surface area (Å²) in [5, 5.41) is 11.5. The quantitative estimate of drug-likeness (QED) is 0.391. The minimum absolute atomic E-state index is 0. The second kappa shape index (κ2) is 13.1. The number of imide groups is 1. The molecule has 0 radical (unpaired) electrons. The van der Waals surface area contributed by atoms with Crippen LogP contribution in [0.2, 0.25) is 0 Å². The average molecular weight is 603 g/mol. The first kappa shape index (κ1) is 30.3. The van der Waals surface area contributed by atoms with Crippen LogP contribution in [0.3, 0.4) is 0 Å². The van der Waals surface area contributed by atoms with Crippen molar-refractivity contribution >= 4 is 28.6 Å². The number of rotatable bonds is 7. The average Bonchev–Trinajstić information content (AvgIpc) is 3.80. The number of carbonyl (C=O) groups excluding carboxylic acids is 3. The molecule has 3 amide bonds. The van der Waals surface area contributed by atoms with Crippen molar-refractivity contribution in [2.24, 2.45) is 7.05 Å². The molecule has 4 aliphatic rings. The molecule has 2 N–H and O–H groups in total. The highest BCUT2D eigenvalue weighted by molar-refractivity contribution is 6.05. The van der Waals surface area contributed by atoms with Gasteiger partial charge in [0.1, 0.15) is 17.9 Å². The minimum Gasteiger partial charge on any atom is -0.489 e. The van der Waals surface area contributed by atoms with Gasteiger partial charge in [0, 0.05) is 70.3 Å². The van der Waals surface area contributed by atoms with E-state index >= 15 is 0 Å². The zero-order valence-corrected chi connectivity index (χ0v) is 26.1. The van der Waals surface area contributed by atoms with Gasteiger partial charge in [-0.25, -0.2) is 0 Å². The van der Waals surface area contributed by atoms with Crippen molar-refractivity contribution in [1.82, 2.24) is 30.2 Å². The van der Waals surface area contributed by atoms with E-state index in [9.17, 15) is 14.4 Å². The number of aromatic nitrogens is 2. The Morgan fingerprint density at radius 1 is 1.00 bits per heavy atom. The van der Waals surface area contributed by atoms with Crippen molar-refractivity contribution in [1.29, 1.82) is 0 Å². The van der Waals surface area contributed by atoms with E-state index in [1.54, 1.807) is 11.0 Å². The van der Waals surface area contributed by atoms with Crippen LogP contribution in [0.15, 0.2) is 42.6 Å². The molecule has 7 rings (SSSR count). The van der Waals surface area contributed by atoms with Crippen LogP contribution in [0.5, 0.6) is 5.75 Å². The van der Waals surface area contributed by atoms with E-state index in [1.165, 1.54) is 31.2 Å². The molecule has 1 unspecified atom stereocenters. The zero-order valence-electron chi connectivity index (χ0n) is 26.1. The fourth-order valence-corrected chi connectivity index (χ4v) is 6.95. The molecular weight excluding hydrogens is 556 g/mol. The highest BCUT2D eigenvalue weighted by Gasteiger charge is 2.39. The normalized spacial score (nSPS) is 25.2. The van der Waals surface area contributed by atoms with Crippen molar-refractivity contribution in [3.05, 3.63) is 59.3 Å². The second-order valence-electron chi connectivity index (χ2n) is 12.6. The minimum atomic E-state index is -0.605. The third-order valence-electron chi connectivity index (χ3n) is 9.44. The molecule has 4 aliphatic heterocycles. The van der Waals surface area contributed by atoms with Crippen LogP contribution in [0.25, 0.3) is 10.9 Å². The molecule has 0 aliphatic carbocycles. The summed E-state index contributed by atoms with van der Waals surface area (Å²) in [6.45, 7) is 7.53. The first-order chi connectivity index (χ1) is 21.3. The summed E-state index contributed by atoms with van der Waals surface area (Å²) in [5.74, 6) is -0.106. The number of likely N-dealkylation sites (tertiary alicyclic amines) is 1. The molecule has 0 spiro atoms. The molecule has 1 aromatic heterocycles. The van der Waals surface area contributed by atoms with Gasteiger partial charge < -0.3 is 15.0 Å². The Bertz CT molecular complexity index is 1530. The SMILES string of the molecule is CC[C@@H]1CC[C@H](CC)N1.Cn1cc2cc(CN3CC[C@H](Oc4ccc5c(c4)CN(C4CCC(=O)NC4=O)C5=O)C3)ccc2n1.[HH]. The lowest BCUT2D eigenvalue weighted by atomic mass is 10.0. The van der Waals surface area contributed by atoms with E-state index in [4.69, 9.17) is 4.74 Å². The Morgan fingerprint density at radius 3 is 2.52 bits per heavy atom. The van der Waals surface area contributed by atoms with Crippen molar-refractivity contribution < 1.29 is 20.5 Å². The first-order valence-corrected chi connectivity index (χ1v) is 16.1. The fourth-order valence-electron chi connectivity index (χ4n) is 6.95. The summed E-state index contributed by atoms with van der Waals surface area (Å²) in [7, 11) is 1.93. The lowest BCUT2D eigenvalue weighted by Crippen LogP contribution is -2.52. The van der Waals surface area contributed by atoms with E-state index in [0.717, 1.165) is 60.4 Å². The molecule has 0 bridgehead atoms. The van der Waals surface area contributed by atoms with Gasteiger partial charge in [-0.1, -0.05) is 19.9 Å². The summed E-state index contributed by atoms with van der Waals surface area (Å²) < 4.78 is 8.12. The molecule has 10 heteroatoms. The van der Waals surface area contributed by atoms with Crippen molar-refractivity contribution in [2.75, 3.05) is 13.1 Å². The Kier molecular flexibility index (Phi) is 9.00.